The molecule has 1 aliphatic carbocycles. The third kappa shape index (κ3) is 6.24. The molecule has 2 N–H and O–H groups in total. The monoisotopic (exact) mass is 376 g/mol. The van der Waals surface area contributed by atoms with Crippen LogP contribution in [0.1, 0.15) is 18.4 Å². The number of ether oxygens (including phenoxy) is 2. The molecule has 1 saturated carbocycles. The van der Waals surface area contributed by atoms with Crippen molar-refractivity contribution in [3.8, 4) is 17.2 Å². The Morgan fingerprint density at radius 2 is 1.77 bits per heavy atom. The zero-order chi connectivity index (χ0) is 17.5. The van der Waals surface area contributed by atoms with Crippen molar-refractivity contribution in [3.05, 3.63) is 54.1 Å². The maximum Gasteiger partial charge on any atom is 0.234 e. The van der Waals surface area contributed by atoms with Gasteiger partial charge in [-0.15, -0.1) is 12.4 Å². The van der Waals surface area contributed by atoms with Gasteiger partial charge in [-0.1, -0.05) is 24.3 Å². The predicted octanol–water partition coefficient (Wildman–Crippen LogP) is 3.53. The van der Waals surface area contributed by atoms with Crippen LogP contribution < -0.4 is 20.1 Å². The Morgan fingerprint density at radius 3 is 2.42 bits per heavy atom. The van der Waals surface area contributed by atoms with E-state index in [1.165, 1.54) is 12.8 Å². The minimum Gasteiger partial charge on any atom is -0.493 e. The first-order valence-corrected chi connectivity index (χ1v) is 8.62. The normalized spacial score (nSPS) is 12.8. The standard InChI is InChI=1S/C20H24N2O3.ClH/c1-24-18-4-2-3-5-19(18)25-17-10-8-16(9-11-17)13-22-20(23)14-21-12-15-6-7-15;/h2-5,8-11,15,21H,6-7,12-14H2,1H3,(H,22,23);1H. The van der Waals surface area contributed by atoms with Gasteiger partial charge in [-0.2, -0.15) is 0 Å². The van der Waals surface area contributed by atoms with E-state index in [1.807, 2.05) is 48.5 Å². The first kappa shape index (κ1) is 20.1. The molecular weight excluding hydrogens is 352 g/mol. The number of rotatable bonds is 9. The molecule has 0 atom stereocenters. The fourth-order valence-electron chi connectivity index (χ4n) is 2.48. The molecule has 2 aromatic carbocycles. The maximum atomic E-state index is 11.8. The SMILES string of the molecule is COc1ccccc1Oc1ccc(CNC(=O)CNCC2CC2)cc1.Cl. The van der Waals surface area contributed by atoms with Crippen molar-refractivity contribution >= 4 is 18.3 Å². The number of hydrogen-bond donors (Lipinski definition) is 2. The van der Waals surface area contributed by atoms with Crippen LogP contribution in [0.15, 0.2) is 48.5 Å². The predicted molar refractivity (Wildman–Crippen MR) is 104 cm³/mol. The van der Waals surface area contributed by atoms with Crippen LogP contribution in [-0.4, -0.2) is 26.1 Å². The Hall–Kier alpha value is -2.24. The van der Waals surface area contributed by atoms with Crippen molar-refractivity contribution in [2.75, 3.05) is 20.2 Å². The molecule has 140 valence electrons. The lowest BCUT2D eigenvalue weighted by atomic mass is 10.2. The molecule has 0 saturated heterocycles. The molecule has 1 aliphatic rings. The van der Waals surface area contributed by atoms with Gasteiger partial charge in [0, 0.05) is 6.54 Å². The van der Waals surface area contributed by atoms with Crippen LogP contribution in [0.25, 0.3) is 0 Å². The molecule has 0 aliphatic heterocycles. The third-order valence-electron chi connectivity index (χ3n) is 4.13. The van der Waals surface area contributed by atoms with Gasteiger partial charge in [-0.05, 0) is 55.1 Å². The van der Waals surface area contributed by atoms with Crippen LogP contribution in [0.3, 0.4) is 0 Å². The van der Waals surface area contributed by atoms with Crippen LogP contribution in [0, 0.1) is 5.92 Å². The summed E-state index contributed by atoms with van der Waals surface area (Å²) in [5, 5.41) is 6.10. The summed E-state index contributed by atoms with van der Waals surface area (Å²) < 4.78 is 11.1. The molecule has 2 aromatic rings. The summed E-state index contributed by atoms with van der Waals surface area (Å²) in [5.74, 6) is 2.90. The number of hydrogen-bond acceptors (Lipinski definition) is 4. The molecule has 5 nitrogen and oxygen atoms in total. The summed E-state index contributed by atoms with van der Waals surface area (Å²) in [6, 6.07) is 15.2. The summed E-state index contributed by atoms with van der Waals surface area (Å²) in [4.78, 5) is 11.8. The molecular formula is C20H25ClN2O3. The van der Waals surface area contributed by atoms with Crippen LogP contribution in [0.5, 0.6) is 17.2 Å². The van der Waals surface area contributed by atoms with Gasteiger partial charge in [0.1, 0.15) is 5.75 Å². The molecule has 0 aromatic heterocycles. The van der Waals surface area contributed by atoms with Crippen molar-refractivity contribution in [1.82, 2.24) is 10.6 Å². The highest BCUT2D eigenvalue weighted by molar-refractivity contribution is 5.85. The maximum absolute atomic E-state index is 11.8. The second kappa shape index (κ2) is 10.0. The number of methoxy groups -OCH3 is 1. The highest BCUT2D eigenvalue weighted by atomic mass is 35.5. The van der Waals surface area contributed by atoms with E-state index in [1.54, 1.807) is 7.11 Å². The molecule has 0 spiro atoms. The molecule has 1 fully saturated rings. The largest absolute Gasteiger partial charge is 0.493 e. The highest BCUT2D eigenvalue weighted by Crippen LogP contribution is 2.30. The lowest BCUT2D eigenvalue weighted by Gasteiger charge is -2.11. The Balaban J connectivity index is 0.00000243. The van der Waals surface area contributed by atoms with Crippen LogP contribution >= 0.6 is 12.4 Å². The number of nitrogens with one attached hydrogen (secondary N) is 2. The van der Waals surface area contributed by atoms with Crippen molar-refractivity contribution in [2.24, 2.45) is 5.92 Å². The summed E-state index contributed by atoms with van der Waals surface area (Å²) in [5.41, 5.74) is 1.03. The minimum absolute atomic E-state index is 0. The first-order valence-electron chi connectivity index (χ1n) is 8.62. The van der Waals surface area contributed by atoms with E-state index in [2.05, 4.69) is 10.6 Å². The Bertz CT molecular complexity index is 702. The zero-order valence-corrected chi connectivity index (χ0v) is 15.7. The van der Waals surface area contributed by atoms with E-state index in [0.29, 0.717) is 24.6 Å². The fourth-order valence-corrected chi connectivity index (χ4v) is 2.48. The van der Waals surface area contributed by atoms with Gasteiger partial charge >= 0.3 is 0 Å². The van der Waals surface area contributed by atoms with Crippen LogP contribution in [0.2, 0.25) is 0 Å². The summed E-state index contributed by atoms with van der Waals surface area (Å²) >= 11 is 0. The van der Waals surface area contributed by atoms with Gasteiger partial charge in [-0.3, -0.25) is 4.79 Å². The molecule has 6 heteroatoms. The quantitative estimate of drug-likeness (QED) is 0.703. The summed E-state index contributed by atoms with van der Waals surface area (Å²) in [6.45, 7) is 1.84. The molecule has 0 unspecified atom stereocenters. The molecule has 0 heterocycles. The van der Waals surface area contributed by atoms with Gasteiger partial charge < -0.3 is 20.1 Å². The number of para-hydroxylation sites is 2. The molecule has 0 bridgehead atoms. The lowest BCUT2D eigenvalue weighted by molar-refractivity contribution is -0.120. The van der Waals surface area contributed by atoms with Crippen molar-refractivity contribution in [1.29, 1.82) is 0 Å². The second-order valence-electron chi connectivity index (χ2n) is 6.25. The van der Waals surface area contributed by atoms with E-state index in [9.17, 15) is 4.79 Å². The highest BCUT2D eigenvalue weighted by Gasteiger charge is 2.20. The van der Waals surface area contributed by atoms with Gasteiger partial charge in [0.2, 0.25) is 5.91 Å². The molecule has 1 amide bonds. The minimum atomic E-state index is 0. The summed E-state index contributed by atoms with van der Waals surface area (Å²) in [7, 11) is 1.62. The topological polar surface area (TPSA) is 59.6 Å². The van der Waals surface area contributed by atoms with Crippen molar-refractivity contribution in [2.45, 2.75) is 19.4 Å². The van der Waals surface area contributed by atoms with Gasteiger partial charge in [-0.25, -0.2) is 0 Å². The van der Waals surface area contributed by atoms with Crippen molar-refractivity contribution < 1.29 is 14.3 Å². The molecule has 26 heavy (non-hydrogen) atoms. The van der Waals surface area contributed by atoms with Gasteiger partial charge in [0.25, 0.3) is 0 Å². The average Bonchev–Trinajstić information content (AvgIpc) is 3.46. The summed E-state index contributed by atoms with van der Waals surface area (Å²) in [6.07, 6.45) is 2.58. The Kier molecular flexibility index (Phi) is 7.75. The number of halogens is 1. The van der Waals surface area contributed by atoms with E-state index in [-0.39, 0.29) is 18.3 Å². The Labute approximate surface area is 160 Å². The Morgan fingerprint density at radius 1 is 1.08 bits per heavy atom. The zero-order valence-electron chi connectivity index (χ0n) is 14.9. The van der Waals surface area contributed by atoms with Gasteiger partial charge in [0.15, 0.2) is 11.5 Å². The number of amides is 1. The molecule has 3 rings (SSSR count). The van der Waals surface area contributed by atoms with Gasteiger partial charge in [0.05, 0.1) is 13.7 Å². The second-order valence-corrected chi connectivity index (χ2v) is 6.25. The smallest absolute Gasteiger partial charge is 0.234 e. The van der Waals surface area contributed by atoms with Crippen molar-refractivity contribution in [3.63, 3.8) is 0 Å². The lowest BCUT2D eigenvalue weighted by Crippen LogP contribution is -2.34. The first-order chi connectivity index (χ1) is 12.2. The van der Waals surface area contributed by atoms with Crippen LogP contribution in [0.4, 0.5) is 0 Å². The van der Waals surface area contributed by atoms with E-state index in [0.717, 1.165) is 23.8 Å². The number of carbonyl (C=O) groups is 1. The number of benzene rings is 2. The fraction of sp³-hybridized carbons (Fsp3) is 0.350. The van der Waals surface area contributed by atoms with E-state index < -0.39 is 0 Å². The van der Waals surface area contributed by atoms with E-state index in [4.69, 9.17) is 9.47 Å². The number of carbonyl (C=O) groups excluding carboxylic acids is 1. The van der Waals surface area contributed by atoms with Crippen LogP contribution in [-0.2, 0) is 11.3 Å². The van der Waals surface area contributed by atoms with E-state index >= 15 is 0 Å². The molecule has 0 radical (unpaired) electrons. The average molecular weight is 377 g/mol. The third-order valence-corrected chi connectivity index (χ3v) is 4.13.